The number of carbonyl (C=O) groups excluding carboxylic acids is 4. The topological polar surface area (TPSA) is 105 Å². The van der Waals surface area contributed by atoms with Crippen molar-refractivity contribution >= 4 is 23.9 Å². The summed E-state index contributed by atoms with van der Waals surface area (Å²) in [5, 5.41) is 0. The molecule has 0 aromatic heterocycles. The number of esters is 4. The Kier molecular flexibility index (Phi) is 11.1. The van der Waals surface area contributed by atoms with Crippen LogP contribution in [-0.2, 0) is 51.3 Å². The molecule has 0 amide bonds. The van der Waals surface area contributed by atoms with E-state index in [0.29, 0.717) is 11.1 Å². The minimum Gasteiger partial charge on any atom is -0.466 e. The predicted molar refractivity (Wildman–Crippen MR) is 131 cm³/mol. The van der Waals surface area contributed by atoms with Crippen LogP contribution in [0, 0.1) is 17.3 Å². The molecule has 8 heteroatoms. The van der Waals surface area contributed by atoms with Gasteiger partial charge >= 0.3 is 23.9 Å². The Morgan fingerprint density at radius 1 is 0.694 bits per heavy atom. The van der Waals surface area contributed by atoms with Crippen molar-refractivity contribution in [3.63, 3.8) is 0 Å². The van der Waals surface area contributed by atoms with Crippen LogP contribution in [-0.4, -0.2) is 37.1 Å². The Morgan fingerprint density at radius 3 is 1.53 bits per heavy atom. The summed E-state index contributed by atoms with van der Waals surface area (Å²) in [4.78, 5) is 53.1. The summed E-state index contributed by atoms with van der Waals surface area (Å²) >= 11 is 0. The lowest BCUT2D eigenvalue weighted by Crippen LogP contribution is -2.55. The van der Waals surface area contributed by atoms with Gasteiger partial charge in [-0.1, -0.05) is 74.5 Å². The van der Waals surface area contributed by atoms with Gasteiger partial charge in [0.1, 0.15) is 13.2 Å². The third-order valence-corrected chi connectivity index (χ3v) is 5.81. The quantitative estimate of drug-likeness (QED) is 0.229. The molecule has 0 saturated heterocycles. The molecule has 1 atom stereocenters. The lowest BCUT2D eigenvalue weighted by molar-refractivity contribution is -0.191. The Balaban J connectivity index is 2.51. The van der Waals surface area contributed by atoms with Crippen molar-refractivity contribution < 1.29 is 38.1 Å². The summed E-state index contributed by atoms with van der Waals surface area (Å²) in [6.45, 7) is 6.22. The molecule has 0 radical (unpaired) electrons. The standard InChI is InChI=1S/C28H34O8/c1-5-33-24(29)17-23(25(30)34-6-2)28(20(3)4,26(31)35-18-21-13-9-7-10-14-21)27(32)36-19-22-15-11-8-12-16-22/h7-16,20,23H,5-6,17-19H2,1-4H3. The molecular formula is C28H34O8. The third-order valence-electron chi connectivity index (χ3n) is 5.81. The second kappa shape index (κ2) is 14.0. The zero-order chi connectivity index (χ0) is 26.6. The molecule has 36 heavy (non-hydrogen) atoms. The molecule has 0 saturated carbocycles. The first-order valence-electron chi connectivity index (χ1n) is 12.0. The largest absolute Gasteiger partial charge is 0.466 e. The second-order valence-electron chi connectivity index (χ2n) is 8.46. The highest BCUT2D eigenvalue weighted by molar-refractivity contribution is 6.05. The van der Waals surface area contributed by atoms with E-state index in [-0.39, 0.29) is 26.4 Å². The van der Waals surface area contributed by atoms with Gasteiger partial charge in [-0.15, -0.1) is 0 Å². The zero-order valence-corrected chi connectivity index (χ0v) is 21.2. The summed E-state index contributed by atoms with van der Waals surface area (Å²) in [7, 11) is 0. The number of hydrogen-bond acceptors (Lipinski definition) is 8. The van der Waals surface area contributed by atoms with E-state index in [2.05, 4.69) is 0 Å². The van der Waals surface area contributed by atoms with Gasteiger partial charge in [0, 0.05) is 0 Å². The van der Waals surface area contributed by atoms with E-state index in [1.165, 1.54) is 0 Å². The summed E-state index contributed by atoms with van der Waals surface area (Å²) in [6.07, 6.45) is -0.550. The van der Waals surface area contributed by atoms with Gasteiger partial charge in [-0.2, -0.15) is 0 Å². The van der Waals surface area contributed by atoms with Gasteiger partial charge < -0.3 is 18.9 Å². The minimum atomic E-state index is -2.15. The fourth-order valence-corrected chi connectivity index (χ4v) is 3.99. The highest BCUT2D eigenvalue weighted by Gasteiger charge is 2.61. The van der Waals surface area contributed by atoms with Gasteiger partial charge in [0.25, 0.3) is 0 Å². The van der Waals surface area contributed by atoms with Gasteiger partial charge in [-0.25, -0.2) is 0 Å². The average Bonchev–Trinajstić information content (AvgIpc) is 2.87. The first kappa shape index (κ1) is 28.6. The molecule has 194 valence electrons. The van der Waals surface area contributed by atoms with E-state index < -0.39 is 47.5 Å². The van der Waals surface area contributed by atoms with E-state index in [4.69, 9.17) is 18.9 Å². The Hall–Kier alpha value is -3.68. The van der Waals surface area contributed by atoms with Crippen molar-refractivity contribution in [2.75, 3.05) is 13.2 Å². The second-order valence-corrected chi connectivity index (χ2v) is 8.46. The molecule has 0 heterocycles. The minimum absolute atomic E-state index is 0.00946. The highest BCUT2D eigenvalue weighted by Crippen LogP contribution is 2.42. The molecule has 2 aromatic carbocycles. The lowest BCUT2D eigenvalue weighted by Gasteiger charge is -2.37. The normalized spacial score (nSPS) is 11.9. The van der Waals surface area contributed by atoms with Gasteiger partial charge in [0.2, 0.25) is 0 Å². The fraction of sp³-hybridized carbons (Fsp3) is 0.429. The van der Waals surface area contributed by atoms with Crippen molar-refractivity contribution in [3.05, 3.63) is 71.8 Å². The molecule has 0 aliphatic carbocycles. The summed E-state index contributed by atoms with van der Waals surface area (Å²) in [5.74, 6) is -5.86. The number of carbonyl (C=O) groups is 4. The molecule has 8 nitrogen and oxygen atoms in total. The predicted octanol–water partition coefficient (Wildman–Crippen LogP) is 4.25. The maximum absolute atomic E-state index is 13.7. The molecule has 0 spiro atoms. The fourth-order valence-electron chi connectivity index (χ4n) is 3.99. The zero-order valence-electron chi connectivity index (χ0n) is 21.2. The molecule has 0 bridgehead atoms. The van der Waals surface area contributed by atoms with E-state index in [1.807, 2.05) is 12.1 Å². The molecule has 0 N–H and O–H groups in total. The van der Waals surface area contributed by atoms with Crippen molar-refractivity contribution in [1.29, 1.82) is 0 Å². The van der Waals surface area contributed by atoms with Crippen molar-refractivity contribution in [2.45, 2.75) is 47.3 Å². The maximum atomic E-state index is 13.7. The third kappa shape index (κ3) is 7.16. The van der Waals surface area contributed by atoms with Crippen LogP contribution in [0.4, 0.5) is 0 Å². The van der Waals surface area contributed by atoms with Crippen LogP contribution in [0.1, 0.15) is 45.2 Å². The molecule has 2 rings (SSSR count). The van der Waals surface area contributed by atoms with E-state index in [9.17, 15) is 19.2 Å². The highest BCUT2D eigenvalue weighted by atomic mass is 16.6. The average molecular weight is 499 g/mol. The van der Waals surface area contributed by atoms with Gasteiger partial charge in [0.15, 0.2) is 5.41 Å². The number of ether oxygens (including phenoxy) is 4. The molecule has 0 fully saturated rings. The number of rotatable bonds is 13. The van der Waals surface area contributed by atoms with Gasteiger partial charge in [-0.3, -0.25) is 19.2 Å². The molecule has 0 aliphatic heterocycles. The maximum Gasteiger partial charge on any atom is 0.325 e. The van der Waals surface area contributed by atoms with Gasteiger partial charge in [0.05, 0.1) is 25.6 Å². The molecule has 0 aliphatic rings. The van der Waals surface area contributed by atoms with Crippen molar-refractivity contribution in [2.24, 2.45) is 17.3 Å². The Bertz CT molecular complexity index is 945. The van der Waals surface area contributed by atoms with E-state index in [0.717, 1.165) is 0 Å². The van der Waals surface area contributed by atoms with Crippen LogP contribution in [0.3, 0.4) is 0 Å². The van der Waals surface area contributed by atoms with E-state index in [1.54, 1.807) is 76.2 Å². The SMILES string of the molecule is CCOC(=O)CC(C(=O)OCC)C(C(=O)OCc1ccccc1)(C(=O)OCc1ccccc1)C(C)C. The van der Waals surface area contributed by atoms with Gasteiger partial charge in [-0.05, 0) is 30.9 Å². The Labute approximate surface area is 211 Å². The molecule has 2 aromatic rings. The molecule has 1 unspecified atom stereocenters. The lowest BCUT2D eigenvalue weighted by atomic mass is 9.66. The van der Waals surface area contributed by atoms with E-state index >= 15 is 0 Å². The van der Waals surface area contributed by atoms with Crippen LogP contribution in [0.25, 0.3) is 0 Å². The number of hydrogen-bond donors (Lipinski definition) is 0. The Morgan fingerprint density at radius 2 is 1.14 bits per heavy atom. The smallest absolute Gasteiger partial charge is 0.325 e. The summed E-state index contributed by atoms with van der Waals surface area (Å²) < 4.78 is 21.4. The monoisotopic (exact) mass is 498 g/mol. The van der Waals surface area contributed by atoms with Crippen LogP contribution in [0.5, 0.6) is 0 Å². The van der Waals surface area contributed by atoms with Crippen LogP contribution >= 0.6 is 0 Å². The van der Waals surface area contributed by atoms with Crippen LogP contribution in [0.15, 0.2) is 60.7 Å². The number of benzene rings is 2. The first-order valence-corrected chi connectivity index (χ1v) is 12.0. The van der Waals surface area contributed by atoms with Crippen LogP contribution < -0.4 is 0 Å². The molecular weight excluding hydrogens is 464 g/mol. The summed E-state index contributed by atoms with van der Waals surface area (Å²) in [5.41, 5.74) is -0.763. The van der Waals surface area contributed by atoms with Crippen LogP contribution in [0.2, 0.25) is 0 Å². The van der Waals surface area contributed by atoms with Crippen molar-refractivity contribution in [1.82, 2.24) is 0 Å². The van der Waals surface area contributed by atoms with Crippen molar-refractivity contribution in [3.8, 4) is 0 Å². The first-order chi connectivity index (χ1) is 17.3. The summed E-state index contributed by atoms with van der Waals surface area (Å²) in [6, 6.07) is 17.8.